The molecule has 1 atom stereocenters. The molecule has 2 heterocycles. The standard InChI is InChI=1S/C22H28ClN7O2S/c1-4-14-13-16(6-5-15(14)11-12-30(2)3)24-21(31)17(7-10-20-26-28-29-27-20)25-22(32)18-8-9-19(23)33-18/h5-6,8-9,13,17H,4,7,10-12H2,1-3H3,(H,24,31)(H,25,32)(H,26,27,28,29). The Morgan fingerprint density at radius 2 is 2.00 bits per heavy atom. The van der Waals surface area contributed by atoms with Crippen molar-refractivity contribution in [2.75, 3.05) is 26.0 Å². The molecule has 11 heteroatoms. The number of carbonyl (C=O) groups excluding carboxylic acids is 2. The molecule has 3 rings (SSSR count). The lowest BCUT2D eigenvalue weighted by molar-refractivity contribution is -0.118. The molecule has 176 valence electrons. The number of nitrogens with one attached hydrogen (secondary N) is 3. The minimum Gasteiger partial charge on any atom is -0.340 e. The molecule has 1 aromatic carbocycles. The summed E-state index contributed by atoms with van der Waals surface area (Å²) in [5, 5.41) is 19.4. The maximum atomic E-state index is 13.1. The fourth-order valence-electron chi connectivity index (χ4n) is 3.35. The molecule has 0 bridgehead atoms. The van der Waals surface area contributed by atoms with Gasteiger partial charge in [0.05, 0.1) is 9.21 Å². The number of hydrogen-bond donors (Lipinski definition) is 3. The summed E-state index contributed by atoms with van der Waals surface area (Å²) in [7, 11) is 4.10. The molecule has 9 nitrogen and oxygen atoms in total. The number of rotatable bonds is 11. The molecule has 0 aliphatic rings. The van der Waals surface area contributed by atoms with E-state index in [1.807, 2.05) is 26.2 Å². The first kappa shape index (κ1) is 24.8. The summed E-state index contributed by atoms with van der Waals surface area (Å²) >= 11 is 7.11. The van der Waals surface area contributed by atoms with Crippen molar-refractivity contribution in [2.24, 2.45) is 0 Å². The van der Waals surface area contributed by atoms with Gasteiger partial charge in [0.15, 0.2) is 0 Å². The molecule has 2 amide bonds. The lowest BCUT2D eigenvalue weighted by atomic mass is 10.0. The third-order valence-corrected chi connectivity index (χ3v) is 6.39. The first-order valence-electron chi connectivity index (χ1n) is 10.7. The molecule has 0 saturated heterocycles. The quantitative estimate of drug-likeness (QED) is 0.381. The average Bonchev–Trinajstić information content (AvgIpc) is 3.47. The van der Waals surface area contributed by atoms with Crippen LogP contribution in [-0.2, 0) is 24.1 Å². The maximum Gasteiger partial charge on any atom is 0.262 e. The van der Waals surface area contributed by atoms with Gasteiger partial charge in [-0.25, -0.2) is 5.10 Å². The normalized spacial score (nSPS) is 12.0. The molecular formula is C22H28ClN7O2S. The molecule has 0 radical (unpaired) electrons. The first-order chi connectivity index (χ1) is 15.9. The number of aromatic amines is 1. The van der Waals surface area contributed by atoms with Crippen molar-refractivity contribution in [1.82, 2.24) is 30.8 Å². The third-order valence-electron chi connectivity index (χ3n) is 5.16. The molecule has 0 fully saturated rings. The second kappa shape index (κ2) is 11.9. The smallest absolute Gasteiger partial charge is 0.262 e. The molecule has 0 spiro atoms. The van der Waals surface area contributed by atoms with Gasteiger partial charge in [0.25, 0.3) is 5.91 Å². The van der Waals surface area contributed by atoms with Crippen LogP contribution in [0.4, 0.5) is 5.69 Å². The predicted octanol–water partition coefficient (Wildman–Crippen LogP) is 2.95. The molecular weight excluding hydrogens is 462 g/mol. The molecule has 3 aromatic rings. The van der Waals surface area contributed by atoms with Crippen molar-refractivity contribution in [1.29, 1.82) is 0 Å². The number of amides is 2. The Kier molecular flexibility index (Phi) is 8.93. The fourth-order valence-corrected chi connectivity index (χ4v) is 4.30. The Hall–Kier alpha value is -2.82. The van der Waals surface area contributed by atoms with Crippen LogP contribution >= 0.6 is 22.9 Å². The van der Waals surface area contributed by atoms with Crippen molar-refractivity contribution in [3.63, 3.8) is 0 Å². The van der Waals surface area contributed by atoms with E-state index in [0.29, 0.717) is 33.6 Å². The largest absolute Gasteiger partial charge is 0.340 e. The topological polar surface area (TPSA) is 116 Å². The Balaban J connectivity index is 1.72. The lowest BCUT2D eigenvalue weighted by Crippen LogP contribution is -2.44. The van der Waals surface area contributed by atoms with Gasteiger partial charge in [-0.1, -0.05) is 24.6 Å². The number of thiophene rings is 1. The molecule has 33 heavy (non-hydrogen) atoms. The van der Waals surface area contributed by atoms with Crippen molar-refractivity contribution in [3.8, 4) is 0 Å². The van der Waals surface area contributed by atoms with E-state index >= 15 is 0 Å². The van der Waals surface area contributed by atoms with Crippen molar-refractivity contribution in [3.05, 3.63) is 56.5 Å². The van der Waals surface area contributed by atoms with Crippen LogP contribution in [0.3, 0.4) is 0 Å². The molecule has 0 aliphatic heterocycles. The van der Waals surface area contributed by atoms with E-state index in [1.165, 1.54) is 11.1 Å². The zero-order valence-electron chi connectivity index (χ0n) is 18.9. The van der Waals surface area contributed by atoms with Crippen LogP contribution < -0.4 is 10.6 Å². The van der Waals surface area contributed by atoms with Crippen molar-refractivity contribution in [2.45, 2.75) is 38.6 Å². The molecule has 0 saturated carbocycles. The summed E-state index contributed by atoms with van der Waals surface area (Å²) in [6.45, 7) is 3.05. The van der Waals surface area contributed by atoms with Crippen molar-refractivity contribution < 1.29 is 9.59 Å². The minimum atomic E-state index is -0.776. The van der Waals surface area contributed by atoms with Crippen LogP contribution in [0.15, 0.2) is 30.3 Å². The van der Waals surface area contributed by atoms with Gasteiger partial charge in [-0.2, -0.15) is 0 Å². The molecule has 0 aliphatic carbocycles. The summed E-state index contributed by atoms with van der Waals surface area (Å²) in [5.41, 5.74) is 3.16. The van der Waals surface area contributed by atoms with E-state index in [-0.39, 0.29) is 11.8 Å². The van der Waals surface area contributed by atoms with E-state index < -0.39 is 6.04 Å². The summed E-state index contributed by atoms with van der Waals surface area (Å²) in [5.74, 6) is -0.114. The number of tetrazole rings is 1. The van der Waals surface area contributed by atoms with Crippen LogP contribution in [0.2, 0.25) is 4.34 Å². The summed E-state index contributed by atoms with van der Waals surface area (Å²) in [6, 6.07) is 8.47. The van der Waals surface area contributed by atoms with Gasteiger partial charge in [0, 0.05) is 18.7 Å². The van der Waals surface area contributed by atoms with Crippen molar-refractivity contribution >= 4 is 40.4 Å². The van der Waals surface area contributed by atoms with E-state index in [2.05, 4.69) is 49.1 Å². The van der Waals surface area contributed by atoms with E-state index in [1.54, 1.807) is 12.1 Å². The number of anilines is 1. The van der Waals surface area contributed by atoms with Gasteiger partial charge >= 0.3 is 0 Å². The van der Waals surface area contributed by atoms with E-state index in [0.717, 1.165) is 30.7 Å². The number of aryl methyl sites for hydroxylation is 2. The Bertz CT molecular complexity index is 1070. The monoisotopic (exact) mass is 489 g/mol. The Labute approximate surface area is 201 Å². The first-order valence-corrected chi connectivity index (χ1v) is 11.9. The van der Waals surface area contributed by atoms with Gasteiger partial charge in [0.1, 0.15) is 11.9 Å². The summed E-state index contributed by atoms with van der Waals surface area (Å²) in [6.07, 6.45) is 2.54. The third kappa shape index (κ3) is 7.34. The SMILES string of the molecule is CCc1cc(NC(=O)C(CCc2nnn[nH]2)NC(=O)c2ccc(Cl)s2)ccc1CCN(C)C. The number of benzene rings is 1. The van der Waals surface area contributed by atoms with E-state index in [9.17, 15) is 9.59 Å². The van der Waals surface area contributed by atoms with Gasteiger partial charge < -0.3 is 15.5 Å². The number of aromatic nitrogens is 4. The Morgan fingerprint density at radius 1 is 1.18 bits per heavy atom. The fraction of sp³-hybridized carbons (Fsp3) is 0.409. The average molecular weight is 490 g/mol. The summed E-state index contributed by atoms with van der Waals surface area (Å²) in [4.78, 5) is 28.4. The summed E-state index contributed by atoms with van der Waals surface area (Å²) < 4.78 is 0.510. The van der Waals surface area contributed by atoms with E-state index in [4.69, 9.17) is 11.6 Å². The van der Waals surface area contributed by atoms with Crippen LogP contribution in [-0.4, -0.2) is 64.0 Å². The van der Waals surface area contributed by atoms with Crippen LogP contribution in [0, 0.1) is 0 Å². The predicted molar refractivity (Wildman–Crippen MR) is 130 cm³/mol. The number of H-pyrrole nitrogens is 1. The minimum absolute atomic E-state index is 0.304. The van der Waals surface area contributed by atoms with Gasteiger partial charge in [-0.3, -0.25) is 9.59 Å². The Morgan fingerprint density at radius 3 is 2.64 bits per heavy atom. The number of halogens is 1. The highest BCUT2D eigenvalue weighted by atomic mass is 35.5. The number of carbonyl (C=O) groups is 2. The second-order valence-electron chi connectivity index (χ2n) is 7.90. The van der Waals surface area contributed by atoms with Crippen LogP contribution in [0.25, 0.3) is 0 Å². The van der Waals surface area contributed by atoms with Gasteiger partial charge in [-0.15, -0.1) is 16.4 Å². The molecule has 1 unspecified atom stereocenters. The highest BCUT2D eigenvalue weighted by molar-refractivity contribution is 7.18. The highest BCUT2D eigenvalue weighted by Gasteiger charge is 2.23. The molecule has 2 aromatic heterocycles. The lowest BCUT2D eigenvalue weighted by Gasteiger charge is -2.19. The van der Waals surface area contributed by atoms with Gasteiger partial charge in [0.2, 0.25) is 5.91 Å². The zero-order valence-corrected chi connectivity index (χ0v) is 20.5. The zero-order chi connectivity index (χ0) is 23.8. The second-order valence-corrected chi connectivity index (χ2v) is 9.61. The van der Waals surface area contributed by atoms with Crippen LogP contribution in [0.5, 0.6) is 0 Å². The number of likely N-dealkylation sites (N-methyl/N-ethyl adjacent to an activating group) is 1. The van der Waals surface area contributed by atoms with Crippen LogP contribution in [0.1, 0.15) is 40.0 Å². The number of nitrogens with zero attached hydrogens (tertiary/aromatic N) is 4. The van der Waals surface area contributed by atoms with Gasteiger partial charge in [-0.05, 0) is 79.2 Å². The number of hydrogen-bond acceptors (Lipinski definition) is 7. The highest BCUT2D eigenvalue weighted by Crippen LogP contribution is 2.22. The molecule has 3 N–H and O–H groups in total. The maximum absolute atomic E-state index is 13.1.